The van der Waals surface area contributed by atoms with E-state index in [9.17, 15) is 9.59 Å². The summed E-state index contributed by atoms with van der Waals surface area (Å²) in [5.41, 5.74) is 2.73. The normalized spacial score (nSPS) is 20.8. The van der Waals surface area contributed by atoms with Gasteiger partial charge in [0.25, 0.3) is 0 Å². The lowest BCUT2D eigenvalue weighted by Crippen LogP contribution is -2.42. The van der Waals surface area contributed by atoms with E-state index in [0.717, 1.165) is 0 Å². The van der Waals surface area contributed by atoms with Gasteiger partial charge in [-0.15, -0.1) is 0 Å². The second-order valence-corrected chi connectivity index (χ2v) is 6.58. The highest BCUT2D eigenvalue weighted by atomic mass is 16.5. The first-order valence-electron chi connectivity index (χ1n) is 8.29. The molecule has 2 rings (SSSR count). The van der Waals surface area contributed by atoms with Crippen LogP contribution in [0.25, 0.3) is 0 Å². The van der Waals surface area contributed by atoms with E-state index in [-0.39, 0.29) is 23.4 Å². The Morgan fingerprint density at radius 1 is 0.955 bits per heavy atom. The molecule has 0 aromatic heterocycles. The number of rotatable bonds is 4. The predicted molar refractivity (Wildman–Crippen MR) is 86.4 cm³/mol. The Kier molecular flexibility index (Phi) is 5.22. The van der Waals surface area contributed by atoms with Gasteiger partial charge < -0.3 is 9.64 Å². The zero-order valence-electron chi connectivity index (χ0n) is 14.4. The molecule has 1 aliphatic heterocycles. The molecule has 1 saturated heterocycles. The van der Waals surface area contributed by atoms with Crippen molar-refractivity contribution in [2.75, 3.05) is 26.3 Å². The Bertz CT molecular complexity index is 535. The molecule has 0 atom stereocenters. The molecule has 0 spiro atoms. The summed E-state index contributed by atoms with van der Waals surface area (Å²) in [6.07, 6.45) is 0.608. The molecular formula is C18H27NO3. The number of ether oxygens (including phenoxy) is 1. The van der Waals surface area contributed by atoms with Crippen LogP contribution in [0.2, 0.25) is 0 Å². The van der Waals surface area contributed by atoms with E-state index >= 15 is 0 Å². The highest BCUT2D eigenvalue weighted by Gasteiger charge is 2.38. The highest BCUT2D eigenvalue weighted by molar-refractivity contribution is 6.25. The Balaban J connectivity index is 2.56. The molecule has 0 N–H and O–H groups in total. The van der Waals surface area contributed by atoms with Crippen molar-refractivity contribution in [1.82, 2.24) is 4.90 Å². The van der Waals surface area contributed by atoms with Crippen LogP contribution in [0.15, 0.2) is 22.4 Å². The fourth-order valence-corrected chi connectivity index (χ4v) is 3.38. The van der Waals surface area contributed by atoms with Crippen molar-refractivity contribution < 1.29 is 14.3 Å². The van der Waals surface area contributed by atoms with Gasteiger partial charge in [-0.05, 0) is 18.3 Å². The molecule has 2 aliphatic rings. The minimum absolute atomic E-state index is 0.0430. The van der Waals surface area contributed by atoms with E-state index in [0.29, 0.717) is 55.1 Å². The van der Waals surface area contributed by atoms with Gasteiger partial charge in [-0.25, -0.2) is 0 Å². The monoisotopic (exact) mass is 305 g/mol. The molecule has 0 bridgehead atoms. The molecule has 4 nitrogen and oxygen atoms in total. The quantitative estimate of drug-likeness (QED) is 0.749. The summed E-state index contributed by atoms with van der Waals surface area (Å²) >= 11 is 0. The number of allylic oxidation sites excluding steroid dienone is 3. The summed E-state index contributed by atoms with van der Waals surface area (Å²) in [5, 5.41) is 0. The van der Waals surface area contributed by atoms with Crippen LogP contribution >= 0.6 is 0 Å². The van der Waals surface area contributed by atoms with Crippen molar-refractivity contribution in [2.24, 2.45) is 11.8 Å². The predicted octanol–water partition coefficient (Wildman–Crippen LogP) is 2.74. The van der Waals surface area contributed by atoms with E-state index in [1.807, 2.05) is 39.5 Å². The average molecular weight is 305 g/mol. The number of ketones is 2. The van der Waals surface area contributed by atoms with Crippen molar-refractivity contribution >= 4 is 11.6 Å². The van der Waals surface area contributed by atoms with E-state index < -0.39 is 0 Å². The molecule has 0 amide bonds. The molecule has 0 aromatic carbocycles. The van der Waals surface area contributed by atoms with Crippen LogP contribution in [0.3, 0.4) is 0 Å². The maximum Gasteiger partial charge on any atom is 0.205 e. The van der Waals surface area contributed by atoms with Crippen molar-refractivity contribution in [2.45, 2.75) is 41.0 Å². The summed E-state index contributed by atoms with van der Waals surface area (Å²) in [4.78, 5) is 28.2. The number of nitrogens with zero attached hydrogens (tertiary/aromatic N) is 1. The minimum atomic E-state index is 0.0430. The molecule has 4 heteroatoms. The molecule has 0 aromatic rings. The Morgan fingerprint density at radius 3 is 1.95 bits per heavy atom. The van der Waals surface area contributed by atoms with E-state index in [2.05, 4.69) is 0 Å². The second-order valence-electron chi connectivity index (χ2n) is 6.58. The Morgan fingerprint density at radius 2 is 1.50 bits per heavy atom. The van der Waals surface area contributed by atoms with Gasteiger partial charge in [-0.2, -0.15) is 0 Å². The summed E-state index contributed by atoms with van der Waals surface area (Å²) in [5.74, 6) is 0.243. The summed E-state index contributed by atoms with van der Waals surface area (Å²) in [6.45, 7) is 12.5. The van der Waals surface area contributed by atoms with E-state index in [4.69, 9.17) is 4.74 Å². The smallest absolute Gasteiger partial charge is 0.205 e. The maximum atomic E-state index is 13.1. The molecule has 22 heavy (non-hydrogen) atoms. The molecule has 0 saturated carbocycles. The van der Waals surface area contributed by atoms with Crippen LogP contribution in [-0.2, 0) is 14.3 Å². The van der Waals surface area contributed by atoms with Gasteiger partial charge in [-0.1, -0.05) is 34.6 Å². The molecule has 1 fully saturated rings. The number of morpholine rings is 1. The van der Waals surface area contributed by atoms with Gasteiger partial charge in [0, 0.05) is 29.8 Å². The lowest BCUT2D eigenvalue weighted by Gasteiger charge is -2.36. The molecule has 0 radical (unpaired) electrons. The zero-order chi connectivity index (χ0) is 16.4. The van der Waals surface area contributed by atoms with Crippen LogP contribution < -0.4 is 0 Å². The van der Waals surface area contributed by atoms with Crippen LogP contribution in [0.4, 0.5) is 0 Å². The van der Waals surface area contributed by atoms with Gasteiger partial charge in [0.1, 0.15) is 0 Å². The Hall–Kier alpha value is -1.42. The number of carbonyl (C=O) groups excluding carboxylic acids is 2. The molecule has 0 unspecified atom stereocenters. The van der Waals surface area contributed by atoms with Gasteiger partial charge in [0.2, 0.25) is 5.78 Å². The first-order valence-corrected chi connectivity index (χ1v) is 8.29. The molecular weight excluding hydrogens is 278 g/mol. The third-order valence-corrected chi connectivity index (χ3v) is 4.39. The van der Waals surface area contributed by atoms with Crippen molar-refractivity contribution in [1.29, 1.82) is 0 Å². The van der Waals surface area contributed by atoms with Crippen molar-refractivity contribution in [3.63, 3.8) is 0 Å². The highest BCUT2D eigenvalue weighted by Crippen LogP contribution is 2.35. The third-order valence-electron chi connectivity index (χ3n) is 4.39. The van der Waals surface area contributed by atoms with E-state index in [1.54, 1.807) is 0 Å². The Labute approximate surface area is 133 Å². The maximum absolute atomic E-state index is 13.1. The fraction of sp³-hybridized carbons (Fsp3) is 0.667. The van der Waals surface area contributed by atoms with Crippen LogP contribution in [0, 0.1) is 11.8 Å². The minimum Gasteiger partial charge on any atom is -0.378 e. The second kappa shape index (κ2) is 6.78. The molecule has 1 aliphatic carbocycles. The molecule has 122 valence electrons. The average Bonchev–Trinajstić information content (AvgIpc) is 2.48. The first kappa shape index (κ1) is 16.9. The van der Waals surface area contributed by atoms with E-state index in [1.165, 1.54) is 0 Å². The largest absolute Gasteiger partial charge is 0.378 e. The van der Waals surface area contributed by atoms with Crippen molar-refractivity contribution in [3.05, 3.63) is 22.4 Å². The number of hydrogen-bond acceptors (Lipinski definition) is 4. The summed E-state index contributed by atoms with van der Waals surface area (Å²) in [6, 6.07) is 0. The van der Waals surface area contributed by atoms with Gasteiger partial charge in [0.05, 0.1) is 18.9 Å². The lowest BCUT2D eigenvalue weighted by molar-refractivity contribution is -0.119. The van der Waals surface area contributed by atoms with Crippen LogP contribution in [0.5, 0.6) is 0 Å². The van der Waals surface area contributed by atoms with Gasteiger partial charge in [-0.3, -0.25) is 9.59 Å². The number of Topliss-reactive ketones (excluding diaryl/α,β-unsaturated/α-hetero) is 2. The molecule has 1 heterocycles. The van der Waals surface area contributed by atoms with Crippen LogP contribution in [-0.4, -0.2) is 42.8 Å². The third kappa shape index (κ3) is 2.89. The fourth-order valence-electron chi connectivity index (χ4n) is 3.38. The SMILES string of the molecule is CCC1=C(C(C)C)C(=O)C(C(C)C)=C(N2CCOCC2)C1=O. The topological polar surface area (TPSA) is 46.6 Å². The lowest BCUT2D eigenvalue weighted by atomic mass is 9.77. The first-order chi connectivity index (χ1) is 10.4. The van der Waals surface area contributed by atoms with Crippen molar-refractivity contribution in [3.8, 4) is 0 Å². The number of hydrogen-bond donors (Lipinski definition) is 0. The van der Waals surface area contributed by atoms with Gasteiger partial charge >= 0.3 is 0 Å². The standard InChI is InChI=1S/C18H27NO3/c1-6-13-14(11(2)3)18(21)15(12(4)5)16(17(13)20)19-7-9-22-10-8-19/h11-12H,6-10H2,1-5H3. The summed E-state index contributed by atoms with van der Waals surface area (Å²) in [7, 11) is 0. The zero-order valence-corrected chi connectivity index (χ0v) is 14.4. The summed E-state index contributed by atoms with van der Waals surface area (Å²) < 4.78 is 5.39. The number of carbonyl (C=O) groups is 2. The van der Waals surface area contributed by atoms with Gasteiger partial charge in [0.15, 0.2) is 5.78 Å². The van der Waals surface area contributed by atoms with Crippen LogP contribution in [0.1, 0.15) is 41.0 Å².